The van der Waals surface area contributed by atoms with E-state index in [0.717, 1.165) is 12.4 Å². The monoisotopic (exact) mass is 320 g/mol. The van der Waals surface area contributed by atoms with Crippen LogP contribution in [0.2, 0.25) is 0 Å². The molecule has 2 nitrogen and oxygen atoms in total. The maximum atomic E-state index is 13.4. The number of aromatic nitrogens is 1. The third kappa shape index (κ3) is 2.41. The first-order chi connectivity index (χ1) is 7.18. The molecule has 0 spiro atoms. The van der Waals surface area contributed by atoms with Crippen molar-refractivity contribution in [1.82, 2.24) is 4.98 Å². The van der Waals surface area contributed by atoms with Crippen molar-refractivity contribution >= 4 is 28.4 Å². The summed E-state index contributed by atoms with van der Waals surface area (Å²) >= 11 is 1.96. The average molecular weight is 320 g/mol. The summed E-state index contributed by atoms with van der Waals surface area (Å²) in [5, 5.41) is 0. The van der Waals surface area contributed by atoms with E-state index in [0.29, 0.717) is 9.61 Å². The van der Waals surface area contributed by atoms with Gasteiger partial charge in [0.2, 0.25) is 0 Å². The van der Waals surface area contributed by atoms with Crippen LogP contribution in [0.1, 0.15) is 26.2 Å². The molecule has 1 unspecified atom stereocenters. The second kappa shape index (κ2) is 4.63. The molecule has 0 amide bonds. The van der Waals surface area contributed by atoms with Gasteiger partial charge in [0.1, 0.15) is 11.6 Å². The fraction of sp³-hybridized carbons (Fsp3) is 0.545. The van der Waals surface area contributed by atoms with Gasteiger partial charge < -0.3 is 4.90 Å². The predicted molar refractivity (Wildman–Crippen MR) is 67.6 cm³/mol. The zero-order valence-corrected chi connectivity index (χ0v) is 10.9. The summed E-state index contributed by atoms with van der Waals surface area (Å²) in [5.74, 6) is 0.610. The Balaban J connectivity index is 2.24. The number of anilines is 1. The Morgan fingerprint density at radius 2 is 2.33 bits per heavy atom. The standard InChI is InChI=1S/C11H14FIN2/c1-8-4-2-3-5-15(8)11-6-9(12)10(13)7-14-11/h6-8H,2-5H2,1H3. The summed E-state index contributed by atoms with van der Waals surface area (Å²) in [5.41, 5.74) is 0. The van der Waals surface area contributed by atoms with Gasteiger partial charge in [-0.05, 0) is 48.8 Å². The normalized spacial score (nSPS) is 21.8. The van der Waals surface area contributed by atoms with Gasteiger partial charge in [-0.1, -0.05) is 0 Å². The van der Waals surface area contributed by atoms with Gasteiger partial charge in [-0.3, -0.25) is 0 Å². The van der Waals surface area contributed by atoms with E-state index in [1.54, 1.807) is 12.3 Å². The highest BCUT2D eigenvalue weighted by molar-refractivity contribution is 14.1. The summed E-state index contributed by atoms with van der Waals surface area (Å²) in [7, 11) is 0. The van der Waals surface area contributed by atoms with Crippen molar-refractivity contribution in [2.75, 3.05) is 11.4 Å². The molecule has 82 valence electrons. The Morgan fingerprint density at radius 3 is 3.00 bits per heavy atom. The molecule has 1 aromatic rings. The molecule has 1 aliphatic heterocycles. The second-order valence-electron chi connectivity index (χ2n) is 3.99. The van der Waals surface area contributed by atoms with Gasteiger partial charge in [-0.15, -0.1) is 0 Å². The van der Waals surface area contributed by atoms with Crippen LogP contribution in [0.3, 0.4) is 0 Å². The van der Waals surface area contributed by atoms with Crippen molar-refractivity contribution in [2.24, 2.45) is 0 Å². The minimum absolute atomic E-state index is 0.168. The first kappa shape index (κ1) is 11.1. The number of nitrogens with zero attached hydrogens (tertiary/aromatic N) is 2. The van der Waals surface area contributed by atoms with Gasteiger partial charge in [0, 0.05) is 24.8 Å². The van der Waals surface area contributed by atoms with Crippen LogP contribution >= 0.6 is 22.6 Å². The molecule has 0 N–H and O–H groups in total. The largest absolute Gasteiger partial charge is 0.354 e. The fourth-order valence-corrected chi connectivity index (χ4v) is 2.29. The highest BCUT2D eigenvalue weighted by atomic mass is 127. The highest BCUT2D eigenvalue weighted by Crippen LogP contribution is 2.24. The zero-order chi connectivity index (χ0) is 10.8. The van der Waals surface area contributed by atoms with Crippen LogP contribution in [-0.2, 0) is 0 Å². The molecule has 1 aromatic heterocycles. The lowest BCUT2D eigenvalue weighted by atomic mass is 10.0. The summed E-state index contributed by atoms with van der Waals surface area (Å²) in [6.45, 7) is 3.17. The van der Waals surface area contributed by atoms with Crippen molar-refractivity contribution in [3.05, 3.63) is 21.7 Å². The number of halogens is 2. The van der Waals surface area contributed by atoms with Gasteiger partial charge in [-0.2, -0.15) is 0 Å². The van der Waals surface area contributed by atoms with E-state index in [-0.39, 0.29) is 5.82 Å². The molecule has 0 saturated carbocycles. The molecule has 1 fully saturated rings. The van der Waals surface area contributed by atoms with Crippen molar-refractivity contribution in [2.45, 2.75) is 32.2 Å². The van der Waals surface area contributed by atoms with Crippen molar-refractivity contribution in [1.29, 1.82) is 0 Å². The summed E-state index contributed by atoms with van der Waals surface area (Å²) < 4.78 is 14.0. The summed E-state index contributed by atoms with van der Waals surface area (Å²) in [4.78, 5) is 6.49. The lowest BCUT2D eigenvalue weighted by Crippen LogP contribution is -2.38. The molecule has 2 rings (SSSR count). The molecule has 2 heterocycles. The Bertz CT molecular complexity index is 356. The molecule has 1 aliphatic rings. The van der Waals surface area contributed by atoms with E-state index >= 15 is 0 Å². The minimum atomic E-state index is -0.168. The first-order valence-corrected chi connectivity index (χ1v) is 6.34. The summed E-state index contributed by atoms with van der Waals surface area (Å²) in [6.07, 6.45) is 5.23. The molecule has 1 atom stereocenters. The molecule has 4 heteroatoms. The fourth-order valence-electron chi connectivity index (χ4n) is 2.00. The smallest absolute Gasteiger partial charge is 0.141 e. The average Bonchev–Trinajstić information content (AvgIpc) is 2.23. The highest BCUT2D eigenvalue weighted by Gasteiger charge is 2.20. The number of pyridine rings is 1. The van der Waals surface area contributed by atoms with E-state index in [1.807, 2.05) is 22.6 Å². The lowest BCUT2D eigenvalue weighted by molar-refractivity contribution is 0.479. The third-order valence-electron chi connectivity index (χ3n) is 2.89. The van der Waals surface area contributed by atoms with Gasteiger partial charge >= 0.3 is 0 Å². The second-order valence-corrected chi connectivity index (χ2v) is 5.16. The molecule has 0 radical (unpaired) electrons. The molecule has 15 heavy (non-hydrogen) atoms. The van der Waals surface area contributed by atoms with E-state index in [4.69, 9.17) is 0 Å². The van der Waals surface area contributed by atoms with Crippen molar-refractivity contribution in [3.63, 3.8) is 0 Å². The van der Waals surface area contributed by atoms with Gasteiger partial charge in [0.25, 0.3) is 0 Å². The SMILES string of the molecule is CC1CCCCN1c1cc(F)c(I)cn1. The molecular weight excluding hydrogens is 306 g/mol. The third-order valence-corrected chi connectivity index (χ3v) is 3.69. The lowest BCUT2D eigenvalue weighted by Gasteiger charge is -2.34. The quantitative estimate of drug-likeness (QED) is 0.739. The van der Waals surface area contributed by atoms with Crippen LogP contribution in [0.25, 0.3) is 0 Å². The van der Waals surface area contributed by atoms with Crippen molar-refractivity contribution < 1.29 is 4.39 Å². The molecule has 0 aromatic carbocycles. The molecule has 1 saturated heterocycles. The van der Waals surface area contributed by atoms with Crippen LogP contribution < -0.4 is 4.90 Å². The summed E-state index contributed by atoms with van der Waals surface area (Å²) in [6, 6.07) is 2.02. The van der Waals surface area contributed by atoms with Crippen molar-refractivity contribution in [3.8, 4) is 0 Å². The van der Waals surface area contributed by atoms with Crippen LogP contribution in [0.4, 0.5) is 10.2 Å². The Labute approximate surface area is 103 Å². The van der Waals surface area contributed by atoms with Gasteiger partial charge in [0.15, 0.2) is 0 Å². The van der Waals surface area contributed by atoms with E-state index in [1.165, 1.54) is 19.3 Å². The van der Waals surface area contributed by atoms with Crippen LogP contribution in [0.15, 0.2) is 12.3 Å². The Kier molecular flexibility index (Phi) is 3.43. The molecule has 0 aliphatic carbocycles. The number of rotatable bonds is 1. The minimum Gasteiger partial charge on any atom is -0.354 e. The van der Waals surface area contributed by atoms with Gasteiger partial charge in [-0.25, -0.2) is 9.37 Å². The van der Waals surface area contributed by atoms with E-state index in [9.17, 15) is 4.39 Å². The predicted octanol–water partition coefficient (Wildman–Crippen LogP) is 3.20. The zero-order valence-electron chi connectivity index (χ0n) is 8.71. The van der Waals surface area contributed by atoms with E-state index in [2.05, 4.69) is 16.8 Å². The molecule has 0 bridgehead atoms. The van der Waals surface area contributed by atoms with Crippen LogP contribution in [0, 0.1) is 9.39 Å². The Morgan fingerprint density at radius 1 is 1.53 bits per heavy atom. The first-order valence-electron chi connectivity index (χ1n) is 5.26. The van der Waals surface area contributed by atoms with E-state index < -0.39 is 0 Å². The number of piperidine rings is 1. The number of hydrogen-bond donors (Lipinski definition) is 0. The van der Waals surface area contributed by atoms with Gasteiger partial charge in [0.05, 0.1) is 3.57 Å². The number of hydrogen-bond acceptors (Lipinski definition) is 2. The van der Waals surface area contributed by atoms with Crippen LogP contribution in [-0.4, -0.2) is 17.6 Å². The maximum absolute atomic E-state index is 13.4. The Hall–Kier alpha value is -0.390. The topological polar surface area (TPSA) is 16.1 Å². The molecular formula is C11H14FIN2. The van der Waals surface area contributed by atoms with Crippen LogP contribution in [0.5, 0.6) is 0 Å². The maximum Gasteiger partial charge on any atom is 0.141 e.